The molecule has 0 heterocycles. The van der Waals surface area contributed by atoms with Crippen LogP contribution in [-0.4, -0.2) is 20.0 Å². The first-order valence-electron chi connectivity index (χ1n) is 3.87. The summed E-state index contributed by atoms with van der Waals surface area (Å²) < 4.78 is 33.6. The van der Waals surface area contributed by atoms with Crippen molar-refractivity contribution in [2.24, 2.45) is 0 Å². The molecule has 0 aliphatic rings. The first-order valence-corrected chi connectivity index (χ1v) is 5.24. The van der Waals surface area contributed by atoms with Crippen molar-refractivity contribution in [2.75, 3.05) is 12.4 Å². The normalized spacial score (nSPS) is 11.1. The van der Waals surface area contributed by atoms with Crippen molar-refractivity contribution in [3.05, 3.63) is 23.8 Å². The molecule has 0 amide bonds. The zero-order chi connectivity index (χ0) is 10.8. The molecule has 0 aromatic heterocycles. The Morgan fingerprint density at radius 3 is 2.50 bits per heavy atom. The molecular weight excluding hydrogens is 206 g/mol. The maximum Gasteiger partial charge on any atom is 0.446 e. The third-order valence-electron chi connectivity index (χ3n) is 1.66. The van der Waals surface area contributed by atoms with Gasteiger partial charge in [-0.3, -0.25) is 4.55 Å². The average molecular weight is 217 g/mol. The smallest absolute Gasteiger partial charge is 0.388 e. The molecule has 14 heavy (non-hydrogen) atoms. The molecule has 0 bridgehead atoms. The highest BCUT2D eigenvalue weighted by Gasteiger charge is 2.09. The zero-order valence-corrected chi connectivity index (χ0v) is 8.63. The molecule has 1 aromatic rings. The fourth-order valence-electron chi connectivity index (χ4n) is 1.01. The van der Waals surface area contributed by atoms with Crippen molar-refractivity contribution in [1.29, 1.82) is 0 Å². The number of benzene rings is 1. The number of anilines is 1. The Hall–Kier alpha value is -1.27. The first kappa shape index (κ1) is 10.8. The van der Waals surface area contributed by atoms with Gasteiger partial charge >= 0.3 is 10.4 Å². The molecule has 0 radical (unpaired) electrons. The molecule has 0 aliphatic heterocycles. The van der Waals surface area contributed by atoms with Crippen LogP contribution in [0.4, 0.5) is 5.69 Å². The van der Waals surface area contributed by atoms with Crippen molar-refractivity contribution in [2.45, 2.75) is 6.92 Å². The minimum atomic E-state index is -4.44. The Morgan fingerprint density at radius 2 is 2.07 bits per heavy atom. The maximum absolute atomic E-state index is 10.4. The lowest BCUT2D eigenvalue weighted by molar-refractivity contribution is 0.386. The van der Waals surface area contributed by atoms with Crippen LogP contribution in [0, 0.1) is 6.92 Å². The summed E-state index contributed by atoms with van der Waals surface area (Å²) in [6.07, 6.45) is 0. The van der Waals surface area contributed by atoms with Gasteiger partial charge in [0.1, 0.15) is 5.75 Å². The second kappa shape index (κ2) is 3.85. The molecule has 0 fully saturated rings. The molecule has 0 unspecified atom stereocenters. The Balaban J connectivity index is 3.01. The van der Waals surface area contributed by atoms with E-state index in [2.05, 4.69) is 9.50 Å². The van der Waals surface area contributed by atoms with Crippen molar-refractivity contribution in [3.63, 3.8) is 0 Å². The second-order valence-electron chi connectivity index (χ2n) is 2.74. The summed E-state index contributed by atoms with van der Waals surface area (Å²) in [5, 5.41) is 2.89. The lowest BCUT2D eigenvalue weighted by Crippen LogP contribution is -2.07. The third-order valence-corrected chi connectivity index (χ3v) is 2.05. The molecule has 2 N–H and O–H groups in total. The molecule has 1 rings (SSSR count). The zero-order valence-electron chi connectivity index (χ0n) is 7.81. The van der Waals surface area contributed by atoms with Crippen LogP contribution >= 0.6 is 0 Å². The van der Waals surface area contributed by atoms with E-state index in [-0.39, 0.29) is 5.75 Å². The van der Waals surface area contributed by atoms with Gasteiger partial charge < -0.3 is 9.50 Å². The van der Waals surface area contributed by atoms with Gasteiger partial charge in [-0.2, -0.15) is 8.42 Å². The molecule has 6 heteroatoms. The number of hydrogen-bond acceptors (Lipinski definition) is 4. The second-order valence-corrected chi connectivity index (χ2v) is 3.76. The standard InChI is InChI=1S/C8H11NO4S/c1-6-5-7(9-2)3-4-8(6)13-14(10,11)12/h3-5,9H,1-2H3,(H,10,11,12). The van der Waals surface area contributed by atoms with Gasteiger partial charge in [-0.05, 0) is 30.7 Å². The van der Waals surface area contributed by atoms with Crippen molar-refractivity contribution < 1.29 is 17.2 Å². The minimum Gasteiger partial charge on any atom is -0.388 e. The predicted molar refractivity (Wildman–Crippen MR) is 52.9 cm³/mol. The van der Waals surface area contributed by atoms with E-state index in [1.807, 2.05) is 0 Å². The maximum atomic E-state index is 10.4. The molecule has 1 aromatic carbocycles. The van der Waals surface area contributed by atoms with Gasteiger partial charge in [0, 0.05) is 12.7 Å². The van der Waals surface area contributed by atoms with Gasteiger partial charge in [0.2, 0.25) is 0 Å². The fourth-order valence-corrected chi connectivity index (χ4v) is 1.43. The lowest BCUT2D eigenvalue weighted by Gasteiger charge is -2.07. The van der Waals surface area contributed by atoms with E-state index in [1.54, 1.807) is 26.1 Å². The van der Waals surface area contributed by atoms with Crippen molar-refractivity contribution in [1.82, 2.24) is 0 Å². The summed E-state index contributed by atoms with van der Waals surface area (Å²) in [6.45, 7) is 1.68. The lowest BCUT2D eigenvalue weighted by atomic mass is 10.2. The molecular formula is C8H11NO4S. The summed E-state index contributed by atoms with van der Waals surface area (Å²) >= 11 is 0. The van der Waals surface area contributed by atoms with Crippen LogP contribution in [0.3, 0.4) is 0 Å². The van der Waals surface area contributed by atoms with Gasteiger partial charge in [-0.1, -0.05) is 0 Å². The SMILES string of the molecule is CNc1ccc(OS(=O)(=O)O)c(C)c1. The molecule has 0 saturated heterocycles. The van der Waals surface area contributed by atoms with E-state index in [4.69, 9.17) is 4.55 Å². The Kier molecular flexibility index (Phi) is 2.97. The van der Waals surface area contributed by atoms with E-state index in [0.29, 0.717) is 5.56 Å². The van der Waals surface area contributed by atoms with Crippen molar-refractivity contribution >= 4 is 16.1 Å². The molecule has 5 nitrogen and oxygen atoms in total. The summed E-state index contributed by atoms with van der Waals surface area (Å²) in [5.41, 5.74) is 1.46. The van der Waals surface area contributed by atoms with E-state index in [0.717, 1.165) is 5.69 Å². The summed E-state index contributed by atoms with van der Waals surface area (Å²) in [4.78, 5) is 0. The number of hydrogen-bond donors (Lipinski definition) is 2. The predicted octanol–water partition coefficient (Wildman–Crippen LogP) is 1.22. The van der Waals surface area contributed by atoms with Gasteiger partial charge in [0.25, 0.3) is 0 Å². The largest absolute Gasteiger partial charge is 0.446 e. The number of nitrogens with one attached hydrogen (secondary N) is 1. The van der Waals surface area contributed by atoms with Gasteiger partial charge in [-0.15, -0.1) is 0 Å². The van der Waals surface area contributed by atoms with E-state index in [9.17, 15) is 8.42 Å². The summed E-state index contributed by atoms with van der Waals surface area (Å²) in [5.74, 6) is 0.117. The number of aryl methyl sites for hydroxylation is 1. The molecule has 0 atom stereocenters. The summed E-state index contributed by atoms with van der Waals surface area (Å²) in [6, 6.07) is 4.82. The van der Waals surface area contributed by atoms with Crippen LogP contribution in [-0.2, 0) is 10.4 Å². The van der Waals surface area contributed by atoms with E-state index >= 15 is 0 Å². The highest BCUT2D eigenvalue weighted by atomic mass is 32.3. The van der Waals surface area contributed by atoms with Crippen LogP contribution in [0.2, 0.25) is 0 Å². The Morgan fingerprint density at radius 1 is 1.43 bits per heavy atom. The van der Waals surface area contributed by atoms with Gasteiger partial charge in [-0.25, -0.2) is 0 Å². The quantitative estimate of drug-likeness (QED) is 0.744. The van der Waals surface area contributed by atoms with Crippen LogP contribution in [0.25, 0.3) is 0 Å². The topological polar surface area (TPSA) is 75.6 Å². The fraction of sp³-hybridized carbons (Fsp3) is 0.250. The molecule has 0 aliphatic carbocycles. The monoisotopic (exact) mass is 217 g/mol. The van der Waals surface area contributed by atoms with Gasteiger partial charge in [0.05, 0.1) is 0 Å². The van der Waals surface area contributed by atoms with E-state index in [1.165, 1.54) is 6.07 Å². The molecule has 0 spiro atoms. The first-order chi connectivity index (χ1) is 6.42. The Labute approximate surface area is 82.7 Å². The van der Waals surface area contributed by atoms with E-state index < -0.39 is 10.4 Å². The Bertz CT molecular complexity index is 427. The average Bonchev–Trinajstić information content (AvgIpc) is 2.06. The van der Waals surface area contributed by atoms with Crippen LogP contribution < -0.4 is 9.50 Å². The highest BCUT2D eigenvalue weighted by Crippen LogP contribution is 2.22. The molecule has 0 saturated carbocycles. The van der Waals surface area contributed by atoms with Crippen molar-refractivity contribution in [3.8, 4) is 5.75 Å². The van der Waals surface area contributed by atoms with Gasteiger partial charge in [0.15, 0.2) is 0 Å². The molecule has 78 valence electrons. The van der Waals surface area contributed by atoms with Crippen LogP contribution in [0.1, 0.15) is 5.56 Å². The van der Waals surface area contributed by atoms with Crippen LogP contribution in [0.15, 0.2) is 18.2 Å². The number of rotatable bonds is 3. The van der Waals surface area contributed by atoms with Crippen LogP contribution in [0.5, 0.6) is 5.75 Å². The highest BCUT2D eigenvalue weighted by molar-refractivity contribution is 7.81. The minimum absolute atomic E-state index is 0.117. The summed E-state index contributed by atoms with van der Waals surface area (Å²) in [7, 11) is -2.69. The third kappa shape index (κ3) is 2.90.